The lowest BCUT2D eigenvalue weighted by Gasteiger charge is -2.18. The monoisotopic (exact) mass is 331 g/mol. The SMILES string of the molecule is CC(=O)c1cccc(NC(=O)C2CC(=O)N(CCCN(C)C)C2)c1. The maximum atomic E-state index is 12.4. The number of amides is 2. The Balaban J connectivity index is 1.90. The minimum atomic E-state index is -0.335. The molecule has 1 aromatic rings. The molecule has 130 valence electrons. The fraction of sp³-hybridized carbons (Fsp3) is 0.500. The Bertz CT molecular complexity index is 628. The number of anilines is 1. The second-order valence-corrected chi connectivity index (χ2v) is 6.52. The summed E-state index contributed by atoms with van der Waals surface area (Å²) in [7, 11) is 3.99. The fourth-order valence-electron chi connectivity index (χ4n) is 2.80. The molecule has 1 unspecified atom stereocenters. The Hall–Kier alpha value is -2.21. The number of carbonyl (C=O) groups excluding carboxylic acids is 3. The van der Waals surface area contributed by atoms with Gasteiger partial charge in [-0.25, -0.2) is 0 Å². The highest BCUT2D eigenvalue weighted by molar-refractivity contribution is 5.99. The minimum Gasteiger partial charge on any atom is -0.342 e. The van der Waals surface area contributed by atoms with E-state index in [1.165, 1.54) is 6.92 Å². The summed E-state index contributed by atoms with van der Waals surface area (Å²) in [5.41, 5.74) is 1.15. The number of benzene rings is 1. The Morgan fingerprint density at radius 1 is 1.33 bits per heavy atom. The molecule has 1 heterocycles. The van der Waals surface area contributed by atoms with Gasteiger partial charge in [0.2, 0.25) is 11.8 Å². The summed E-state index contributed by atoms with van der Waals surface area (Å²) < 4.78 is 0. The van der Waals surface area contributed by atoms with Crippen LogP contribution in [0.1, 0.15) is 30.1 Å². The molecule has 1 fully saturated rings. The van der Waals surface area contributed by atoms with Crippen LogP contribution >= 0.6 is 0 Å². The highest BCUT2D eigenvalue weighted by atomic mass is 16.2. The molecule has 0 aliphatic carbocycles. The van der Waals surface area contributed by atoms with Crippen LogP contribution in [0.15, 0.2) is 24.3 Å². The summed E-state index contributed by atoms with van der Waals surface area (Å²) in [6.45, 7) is 3.55. The summed E-state index contributed by atoms with van der Waals surface area (Å²) in [6.07, 6.45) is 1.15. The zero-order chi connectivity index (χ0) is 17.7. The van der Waals surface area contributed by atoms with Crippen LogP contribution in [0.25, 0.3) is 0 Å². The van der Waals surface area contributed by atoms with Crippen molar-refractivity contribution in [1.29, 1.82) is 0 Å². The largest absolute Gasteiger partial charge is 0.342 e. The highest BCUT2D eigenvalue weighted by Crippen LogP contribution is 2.20. The first-order valence-electron chi connectivity index (χ1n) is 8.21. The number of ketones is 1. The predicted molar refractivity (Wildman–Crippen MR) is 92.9 cm³/mol. The van der Waals surface area contributed by atoms with Gasteiger partial charge in [0.15, 0.2) is 5.78 Å². The smallest absolute Gasteiger partial charge is 0.229 e. The third kappa shape index (κ3) is 4.89. The van der Waals surface area contributed by atoms with Crippen molar-refractivity contribution in [3.63, 3.8) is 0 Å². The van der Waals surface area contributed by atoms with Gasteiger partial charge in [0.1, 0.15) is 0 Å². The Kier molecular flexibility index (Phi) is 6.09. The molecule has 0 spiro atoms. The van der Waals surface area contributed by atoms with Crippen LogP contribution in [0.4, 0.5) is 5.69 Å². The number of nitrogens with one attached hydrogen (secondary N) is 1. The lowest BCUT2D eigenvalue weighted by atomic mass is 10.1. The standard InChI is InChI=1S/C18H25N3O3/c1-13(22)14-6-4-7-16(10-14)19-18(24)15-11-17(23)21(12-15)9-5-8-20(2)3/h4,6-7,10,15H,5,8-9,11-12H2,1-3H3,(H,19,24). The van der Waals surface area contributed by atoms with Gasteiger partial charge in [0.25, 0.3) is 0 Å². The number of carbonyl (C=O) groups is 3. The fourth-order valence-corrected chi connectivity index (χ4v) is 2.80. The Labute approximate surface area is 142 Å². The van der Waals surface area contributed by atoms with Crippen LogP contribution in [-0.2, 0) is 9.59 Å². The van der Waals surface area contributed by atoms with Gasteiger partial charge < -0.3 is 15.1 Å². The first kappa shape index (κ1) is 18.1. The number of Topliss-reactive ketones (excluding diaryl/α,β-unsaturated/α-hetero) is 1. The van der Waals surface area contributed by atoms with E-state index in [-0.39, 0.29) is 29.9 Å². The first-order chi connectivity index (χ1) is 11.4. The molecular weight excluding hydrogens is 306 g/mol. The average Bonchev–Trinajstić information content (AvgIpc) is 2.88. The van der Waals surface area contributed by atoms with Gasteiger partial charge in [-0.05, 0) is 46.1 Å². The maximum absolute atomic E-state index is 12.4. The molecule has 0 aromatic heterocycles. The highest BCUT2D eigenvalue weighted by Gasteiger charge is 2.33. The van der Waals surface area contributed by atoms with Crippen LogP contribution < -0.4 is 5.32 Å². The van der Waals surface area contributed by atoms with Gasteiger partial charge in [-0.2, -0.15) is 0 Å². The van der Waals surface area contributed by atoms with Crippen LogP contribution in [-0.4, -0.2) is 61.1 Å². The molecule has 1 aromatic carbocycles. The third-order valence-electron chi connectivity index (χ3n) is 4.16. The minimum absolute atomic E-state index is 0.0337. The quantitative estimate of drug-likeness (QED) is 0.771. The topological polar surface area (TPSA) is 69.7 Å². The lowest BCUT2D eigenvalue weighted by Crippen LogP contribution is -2.30. The van der Waals surface area contributed by atoms with Crippen molar-refractivity contribution in [3.8, 4) is 0 Å². The second kappa shape index (κ2) is 8.06. The molecule has 1 atom stereocenters. The van der Waals surface area contributed by atoms with Crippen molar-refractivity contribution in [2.45, 2.75) is 19.8 Å². The Morgan fingerprint density at radius 3 is 2.75 bits per heavy atom. The molecule has 0 radical (unpaired) electrons. The molecule has 2 amide bonds. The molecule has 1 saturated heterocycles. The van der Waals surface area contributed by atoms with Gasteiger partial charge in [-0.1, -0.05) is 12.1 Å². The van der Waals surface area contributed by atoms with E-state index in [1.807, 2.05) is 14.1 Å². The molecule has 1 aliphatic rings. The number of hydrogen-bond acceptors (Lipinski definition) is 4. The van der Waals surface area contributed by atoms with Gasteiger partial charge in [-0.3, -0.25) is 14.4 Å². The predicted octanol–water partition coefficient (Wildman–Crippen LogP) is 1.63. The average molecular weight is 331 g/mol. The molecule has 6 nitrogen and oxygen atoms in total. The first-order valence-corrected chi connectivity index (χ1v) is 8.21. The number of nitrogens with zero attached hydrogens (tertiary/aromatic N) is 2. The van der Waals surface area contributed by atoms with Gasteiger partial charge in [0, 0.05) is 30.8 Å². The van der Waals surface area contributed by atoms with Crippen molar-refractivity contribution in [3.05, 3.63) is 29.8 Å². The third-order valence-corrected chi connectivity index (χ3v) is 4.16. The number of hydrogen-bond donors (Lipinski definition) is 1. The van der Waals surface area contributed by atoms with E-state index >= 15 is 0 Å². The molecule has 2 rings (SSSR count). The summed E-state index contributed by atoms with van der Waals surface area (Å²) in [4.78, 5) is 39.7. The normalized spacial score (nSPS) is 17.4. The van der Waals surface area contributed by atoms with Gasteiger partial charge in [0.05, 0.1) is 5.92 Å². The van der Waals surface area contributed by atoms with Crippen LogP contribution in [0.2, 0.25) is 0 Å². The number of rotatable bonds is 7. The van der Waals surface area contributed by atoms with Gasteiger partial charge >= 0.3 is 0 Å². The van der Waals surface area contributed by atoms with E-state index in [4.69, 9.17) is 0 Å². The van der Waals surface area contributed by atoms with E-state index in [0.717, 1.165) is 13.0 Å². The molecule has 0 saturated carbocycles. The summed E-state index contributed by atoms with van der Waals surface area (Å²) in [5, 5.41) is 2.82. The summed E-state index contributed by atoms with van der Waals surface area (Å²) >= 11 is 0. The van der Waals surface area contributed by atoms with Crippen molar-refractivity contribution in [2.75, 3.05) is 39.0 Å². The van der Waals surface area contributed by atoms with E-state index in [0.29, 0.717) is 24.3 Å². The van der Waals surface area contributed by atoms with E-state index in [9.17, 15) is 14.4 Å². The van der Waals surface area contributed by atoms with E-state index in [1.54, 1.807) is 29.2 Å². The van der Waals surface area contributed by atoms with Crippen LogP contribution in [0.3, 0.4) is 0 Å². The zero-order valence-electron chi connectivity index (χ0n) is 14.5. The number of likely N-dealkylation sites (tertiary alicyclic amines) is 1. The molecule has 6 heteroatoms. The van der Waals surface area contributed by atoms with E-state index in [2.05, 4.69) is 10.2 Å². The van der Waals surface area contributed by atoms with Gasteiger partial charge in [-0.15, -0.1) is 0 Å². The van der Waals surface area contributed by atoms with Crippen molar-refractivity contribution < 1.29 is 14.4 Å². The maximum Gasteiger partial charge on any atom is 0.229 e. The van der Waals surface area contributed by atoms with E-state index < -0.39 is 0 Å². The Morgan fingerprint density at radius 2 is 2.08 bits per heavy atom. The molecule has 1 aliphatic heterocycles. The van der Waals surface area contributed by atoms with Crippen molar-refractivity contribution in [1.82, 2.24) is 9.80 Å². The molecule has 1 N–H and O–H groups in total. The van der Waals surface area contributed by atoms with Crippen LogP contribution in [0, 0.1) is 5.92 Å². The molecule has 24 heavy (non-hydrogen) atoms. The zero-order valence-corrected chi connectivity index (χ0v) is 14.5. The molecule has 0 bridgehead atoms. The van der Waals surface area contributed by atoms with Crippen molar-refractivity contribution in [2.24, 2.45) is 5.92 Å². The second-order valence-electron chi connectivity index (χ2n) is 6.52. The lowest BCUT2D eigenvalue weighted by molar-refractivity contribution is -0.128. The summed E-state index contributed by atoms with van der Waals surface area (Å²) in [6, 6.07) is 6.85. The molecular formula is C18H25N3O3. The summed E-state index contributed by atoms with van der Waals surface area (Å²) in [5.74, 6) is -0.516. The van der Waals surface area contributed by atoms with Crippen LogP contribution in [0.5, 0.6) is 0 Å². The van der Waals surface area contributed by atoms with Crippen molar-refractivity contribution >= 4 is 23.3 Å².